The summed E-state index contributed by atoms with van der Waals surface area (Å²) >= 11 is 0.845. The Kier molecular flexibility index (Phi) is 5.43. The molecule has 146 valence electrons. The van der Waals surface area contributed by atoms with Gasteiger partial charge in [-0.05, 0) is 61.2 Å². The fourth-order valence-corrected chi connectivity index (χ4v) is 4.65. The third-order valence-electron chi connectivity index (χ3n) is 3.81. The topological polar surface area (TPSA) is 107 Å². The zero-order valence-corrected chi connectivity index (χ0v) is 16.2. The van der Waals surface area contributed by atoms with Crippen molar-refractivity contribution in [2.45, 2.75) is 11.8 Å². The molecule has 3 rings (SSSR count). The summed E-state index contributed by atoms with van der Waals surface area (Å²) in [5, 5.41) is 19.2. The van der Waals surface area contributed by atoms with Crippen molar-refractivity contribution in [3.8, 4) is 11.5 Å². The summed E-state index contributed by atoms with van der Waals surface area (Å²) in [4.78, 5) is 13.7. The van der Waals surface area contributed by atoms with Gasteiger partial charge in [0.2, 0.25) is 0 Å². The van der Waals surface area contributed by atoms with Gasteiger partial charge in [0.15, 0.2) is 5.17 Å². The Labute approximate surface area is 164 Å². The number of thioether (sulfide) groups is 1. The number of rotatable bonds is 4. The van der Waals surface area contributed by atoms with Gasteiger partial charge in [-0.3, -0.25) is 9.69 Å². The zero-order valence-electron chi connectivity index (χ0n) is 14.5. The van der Waals surface area contributed by atoms with E-state index < -0.39 is 21.7 Å². The van der Waals surface area contributed by atoms with E-state index in [0.717, 1.165) is 42.1 Å². The molecule has 0 atom stereocenters. The summed E-state index contributed by atoms with van der Waals surface area (Å²) < 4.78 is 41.7. The van der Waals surface area contributed by atoms with Crippen molar-refractivity contribution in [3.05, 3.63) is 58.8 Å². The standard InChI is InChI=1S/C18H15FN2O5S2/c1-2-21-17(24)16(9-11-3-6-13(22)10-15(11)23)27-18(21)20-28(25,26)14-7-4-12(19)5-8-14/h3-10,22-23H,2H2,1H3/b16-9-,20-18?. The van der Waals surface area contributed by atoms with Crippen LogP contribution in [-0.2, 0) is 14.8 Å². The van der Waals surface area contributed by atoms with Gasteiger partial charge in [-0.2, -0.15) is 8.42 Å². The molecule has 1 aliphatic heterocycles. The number of amidine groups is 1. The minimum atomic E-state index is -4.14. The van der Waals surface area contributed by atoms with Crippen molar-refractivity contribution in [2.24, 2.45) is 4.40 Å². The molecule has 28 heavy (non-hydrogen) atoms. The number of likely N-dealkylation sites (N-methyl/N-ethyl adjacent to an activating group) is 1. The first kappa shape index (κ1) is 19.9. The molecule has 1 aliphatic rings. The largest absolute Gasteiger partial charge is 0.508 e. The second-order valence-corrected chi connectivity index (χ2v) is 8.32. The summed E-state index contributed by atoms with van der Waals surface area (Å²) in [6, 6.07) is 8.11. The summed E-state index contributed by atoms with van der Waals surface area (Å²) in [5.74, 6) is -1.40. The maximum absolute atomic E-state index is 13.0. The summed E-state index contributed by atoms with van der Waals surface area (Å²) in [5.41, 5.74) is 0.285. The minimum absolute atomic E-state index is 0.0404. The van der Waals surface area contributed by atoms with Gasteiger partial charge in [-0.25, -0.2) is 4.39 Å². The second-order valence-electron chi connectivity index (χ2n) is 5.71. The van der Waals surface area contributed by atoms with Crippen molar-refractivity contribution in [2.75, 3.05) is 6.54 Å². The van der Waals surface area contributed by atoms with E-state index in [1.807, 2.05) is 0 Å². The van der Waals surface area contributed by atoms with Gasteiger partial charge in [-0.15, -0.1) is 4.40 Å². The van der Waals surface area contributed by atoms with Gasteiger partial charge in [0.05, 0.1) is 9.80 Å². The van der Waals surface area contributed by atoms with Gasteiger partial charge in [0, 0.05) is 18.2 Å². The van der Waals surface area contributed by atoms with Crippen LogP contribution in [0.3, 0.4) is 0 Å². The van der Waals surface area contributed by atoms with Crippen LogP contribution in [0.25, 0.3) is 6.08 Å². The second kappa shape index (κ2) is 7.64. The Morgan fingerprint density at radius 2 is 1.86 bits per heavy atom. The number of phenols is 2. The molecule has 10 heteroatoms. The number of benzene rings is 2. The molecule has 1 saturated heterocycles. The Balaban J connectivity index is 1.98. The van der Waals surface area contributed by atoms with Crippen molar-refractivity contribution in [3.63, 3.8) is 0 Å². The third-order valence-corrected chi connectivity index (χ3v) is 6.22. The number of sulfonamides is 1. The van der Waals surface area contributed by atoms with Crippen molar-refractivity contribution >= 4 is 38.9 Å². The van der Waals surface area contributed by atoms with Crippen LogP contribution >= 0.6 is 11.8 Å². The highest BCUT2D eigenvalue weighted by Gasteiger charge is 2.34. The molecular formula is C18H15FN2O5S2. The molecule has 1 fully saturated rings. The predicted molar refractivity (Wildman–Crippen MR) is 104 cm³/mol. The molecule has 0 unspecified atom stereocenters. The monoisotopic (exact) mass is 422 g/mol. The maximum atomic E-state index is 13.0. The number of hydrogen-bond donors (Lipinski definition) is 2. The first-order chi connectivity index (χ1) is 13.2. The molecule has 2 aromatic carbocycles. The number of hydrogen-bond acceptors (Lipinski definition) is 6. The predicted octanol–water partition coefficient (Wildman–Crippen LogP) is 2.92. The lowest BCUT2D eigenvalue weighted by Gasteiger charge is -2.11. The normalized spacial score (nSPS) is 17.6. The number of carbonyl (C=O) groups is 1. The Morgan fingerprint density at radius 3 is 2.46 bits per heavy atom. The molecule has 2 aromatic rings. The number of amides is 1. The molecule has 0 bridgehead atoms. The number of halogens is 1. The molecule has 7 nitrogen and oxygen atoms in total. The summed E-state index contributed by atoms with van der Waals surface area (Å²) in [6.07, 6.45) is 1.39. The molecule has 0 spiro atoms. The summed E-state index contributed by atoms with van der Waals surface area (Å²) in [6.45, 7) is 1.85. The van der Waals surface area contributed by atoms with Crippen molar-refractivity contribution < 1.29 is 27.8 Å². The van der Waals surface area contributed by atoms with Crippen LogP contribution in [0.15, 0.2) is 56.7 Å². The number of phenolic OH excluding ortho intramolecular Hbond substituents is 2. The van der Waals surface area contributed by atoms with Gasteiger partial charge < -0.3 is 10.2 Å². The molecular weight excluding hydrogens is 407 g/mol. The van der Waals surface area contributed by atoms with Gasteiger partial charge in [0.25, 0.3) is 15.9 Å². The van der Waals surface area contributed by atoms with E-state index in [9.17, 15) is 27.8 Å². The van der Waals surface area contributed by atoms with Crippen LogP contribution in [-0.4, -0.2) is 41.2 Å². The van der Waals surface area contributed by atoms with Crippen LogP contribution in [0.2, 0.25) is 0 Å². The lowest BCUT2D eigenvalue weighted by atomic mass is 10.1. The van der Waals surface area contributed by atoms with E-state index in [-0.39, 0.29) is 38.6 Å². The van der Waals surface area contributed by atoms with Crippen molar-refractivity contribution in [1.82, 2.24) is 4.90 Å². The first-order valence-corrected chi connectivity index (χ1v) is 10.3. The van der Waals surface area contributed by atoms with Gasteiger partial charge in [-0.1, -0.05) is 0 Å². The van der Waals surface area contributed by atoms with Crippen LogP contribution in [0, 0.1) is 5.82 Å². The van der Waals surface area contributed by atoms with E-state index in [4.69, 9.17) is 0 Å². The average molecular weight is 422 g/mol. The summed E-state index contributed by atoms with van der Waals surface area (Å²) in [7, 11) is -4.14. The van der Waals surface area contributed by atoms with E-state index in [0.29, 0.717) is 0 Å². The fraction of sp³-hybridized carbons (Fsp3) is 0.111. The van der Waals surface area contributed by atoms with Gasteiger partial charge >= 0.3 is 0 Å². The van der Waals surface area contributed by atoms with Crippen LogP contribution < -0.4 is 0 Å². The lowest BCUT2D eigenvalue weighted by molar-refractivity contribution is -0.122. The highest BCUT2D eigenvalue weighted by molar-refractivity contribution is 8.19. The molecule has 0 aromatic heterocycles. The van der Waals surface area contributed by atoms with Crippen LogP contribution in [0.1, 0.15) is 12.5 Å². The molecule has 1 amide bonds. The minimum Gasteiger partial charge on any atom is -0.508 e. The average Bonchev–Trinajstić information content (AvgIpc) is 2.91. The molecule has 0 saturated carbocycles. The molecule has 2 N–H and O–H groups in total. The smallest absolute Gasteiger partial charge is 0.284 e. The molecule has 0 aliphatic carbocycles. The van der Waals surface area contributed by atoms with Crippen LogP contribution in [0.4, 0.5) is 4.39 Å². The number of carbonyl (C=O) groups excluding carboxylic acids is 1. The number of aromatic hydroxyl groups is 2. The third kappa shape index (κ3) is 4.02. The maximum Gasteiger partial charge on any atom is 0.284 e. The first-order valence-electron chi connectivity index (χ1n) is 8.05. The zero-order chi connectivity index (χ0) is 20.5. The Bertz CT molecular complexity index is 1100. The highest BCUT2D eigenvalue weighted by atomic mass is 32.2. The van der Waals surface area contributed by atoms with E-state index >= 15 is 0 Å². The molecule has 1 heterocycles. The fourth-order valence-electron chi connectivity index (χ4n) is 2.41. The van der Waals surface area contributed by atoms with E-state index in [1.54, 1.807) is 6.92 Å². The Morgan fingerprint density at radius 1 is 1.18 bits per heavy atom. The Hall–Kier alpha value is -2.85. The molecule has 0 radical (unpaired) electrons. The van der Waals surface area contributed by atoms with Crippen LogP contribution in [0.5, 0.6) is 11.5 Å². The van der Waals surface area contributed by atoms with E-state index in [2.05, 4.69) is 4.40 Å². The van der Waals surface area contributed by atoms with E-state index in [1.165, 1.54) is 23.1 Å². The SMILES string of the molecule is CCN1C(=O)/C(=C/c2ccc(O)cc2O)SC1=NS(=O)(=O)c1ccc(F)cc1. The highest BCUT2D eigenvalue weighted by Crippen LogP contribution is 2.35. The number of nitrogens with zero attached hydrogens (tertiary/aromatic N) is 2. The van der Waals surface area contributed by atoms with Gasteiger partial charge in [0.1, 0.15) is 17.3 Å². The van der Waals surface area contributed by atoms with Crippen molar-refractivity contribution in [1.29, 1.82) is 0 Å². The lowest BCUT2D eigenvalue weighted by Crippen LogP contribution is -2.29. The quantitative estimate of drug-likeness (QED) is 0.734.